The Balaban J connectivity index is 2.28. The van der Waals surface area contributed by atoms with Crippen LogP contribution in [-0.2, 0) is 20.7 Å². The van der Waals surface area contributed by atoms with Crippen LogP contribution in [0.2, 0.25) is 0 Å². The highest BCUT2D eigenvalue weighted by Crippen LogP contribution is 2.10. The molecule has 0 radical (unpaired) electrons. The van der Waals surface area contributed by atoms with Crippen molar-refractivity contribution in [3.8, 4) is 0 Å². The molecule has 7 heteroatoms. The molecule has 0 unspecified atom stereocenters. The molecule has 88 valence electrons. The Labute approximate surface area is 96.8 Å². The number of ether oxygens (including phenoxy) is 1. The summed E-state index contributed by atoms with van der Waals surface area (Å²) < 4.78 is 4.66. The molecule has 6 nitrogen and oxygen atoms in total. The van der Waals surface area contributed by atoms with Crippen LogP contribution in [0.3, 0.4) is 0 Å². The molecule has 0 atom stereocenters. The third-order valence-electron chi connectivity index (χ3n) is 1.65. The van der Waals surface area contributed by atoms with Gasteiger partial charge in [-0.1, -0.05) is 0 Å². The van der Waals surface area contributed by atoms with Gasteiger partial charge in [0.25, 0.3) is 0 Å². The van der Waals surface area contributed by atoms with Gasteiger partial charge in [0.05, 0.1) is 18.7 Å². The van der Waals surface area contributed by atoms with Gasteiger partial charge < -0.3 is 15.8 Å². The summed E-state index contributed by atoms with van der Waals surface area (Å²) >= 11 is 1.27. The smallest absolute Gasteiger partial charge is 0.325 e. The van der Waals surface area contributed by atoms with Gasteiger partial charge in [0.1, 0.15) is 6.54 Å². The number of hydrogen-bond donors (Lipinski definition) is 2. The molecule has 0 aliphatic rings. The summed E-state index contributed by atoms with van der Waals surface area (Å²) in [6.45, 7) is 1.89. The molecule has 0 spiro atoms. The zero-order valence-corrected chi connectivity index (χ0v) is 9.67. The standard InChI is InChI=1S/C9H13N3O3S/c1-2-15-8(14)4-11-7(13)3-6-5-16-9(10)12-6/h5H,2-4H2,1H3,(H2,10,12)(H,11,13). The van der Waals surface area contributed by atoms with Crippen molar-refractivity contribution in [2.24, 2.45) is 0 Å². The summed E-state index contributed by atoms with van der Waals surface area (Å²) in [5, 5.41) is 4.57. The van der Waals surface area contributed by atoms with E-state index in [1.165, 1.54) is 11.3 Å². The lowest BCUT2D eigenvalue weighted by atomic mass is 10.3. The molecule has 0 aromatic carbocycles. The van der Waals surface area contributed by atoms with Gasteiger partial charge in [0.2, 0.25) is 5.91 Å². The van der Waals surface area contributed by atoms with Crippen molar-refractivity contribution in [2.45, 2.75) is 13.3 Å². The van der Waals surface area contributed by atoms with E-state index in [0.717, 1.165) is 0 Å². The monoisotopic (exact) mass is 243 g/mol. The summed E-state index contributed by atoms with van der Waals surface area (Å²) in [6.07, 6.45) is 0.118. The molecule has 0 aliphatic carbocycles. The van der Waals surface area contributed by atoms with Crippen LogP contribution in [0.25, 0.3) is 0 Å². The first kappa shape index (κ1) is 12.4. The quantitative estimate of drug-likeness (QED) is 0.707. The summed E-state index contributed by atoms with van der Waals surface area (Å²) in [5.74, 6) is -0.730. The summed E-state index contributed by atoms with van der Waals surface area (Å²) in [5.41, 5.74) is 6.02. The van der Waals surface area contributed by atoms with Crippen molar-refractivity contribution >= 4 is 28.3 Å². The van der Waals surface area contributed by atoms with E-state index in [0.29, 0.717) is 17.4 Å². The zero-order chi connectivity index (χ0) is 12.0. The fourth-order valence-electron chi connectivity index (χ4n) is 1.01. The van der Waals surface area contributed by atoms with Crippen molar-refractivity contribution < 1.29 is 14.3 Å². The maximum Gasteiger partial charge on any atom is 0.325 e. The van der Waals surface area contributed by atoms with E-state index >= 15 is 0 Å². The fourth-order valence-corrected chi connectivity index (χ4v) is 1.58. The predicted octanol–water partition coefficient (Wildman–Crippen LogP) is -0.0529. The Morgan fingerprint density at radius 3 is 2.94 bits per heavy atom. The van der Waals surface area contributed by atoms with Crippen molar-refractivity contribution in [3.63, 3.8) is 0 Å². The number of carbonyl (C=O) groups excluding carboxylic acids is 2. The van der Waals surface area contributed by atoms with Crippen molar-refractivity contribution in [1.29, 1.82) is 0 Å². The Hall–Kier alpha value is -1.63. The molecule has 1 heterocycles. The second-order valence-electron chi connectivity index (χ2n) is 2.94. The molecule has 0 aliphatic heterocycles. The van der Waals surface area contributed by atoms with Gasteiger partial charge in [-0.2, -0.15) is 0 Å². The molecule has 1 aromatic rings. The molecular weight excluding hydrogens is 230 g/mol. The highest BCUT2D eigenvalue weighted by atomic mass is 32.1. The van der Waals surface area contributed by atoms with Crippen LogP contribution < -0.4 is 11.1 Å². The topological polar surface area (TPSA) is 94.3 Å². The van der Waals surface area contributed by atoms with E-state index in [2.05, 4.69) is 15.0 Å². The van der Waals surface area contributed by atoms with Crippen LogP contribution in [0.1, 0.15) is 12.6 Å². The van der Waals surface area contributed by atoms with E-state index in [1.54, 1.807) is 12.3 Å². The van der Waals surface area contributed by atoms with Gasteiger partial charge in [-0.15, -0.1) is 11.3 Å². The lowest BCUT2D eigenvalue weighted by Crippen LogP contribution is -2.31. The number of nitrogen functional groups attached to an aromatic ring is 1. The predicted molar refractivity (Wildman–Crippen MR) is 59.9 cm³/mol. The molecule has 1 aromatic heterocycles. The molecule has 3 N–H and O–H groups in total. The Bertz CT molecular complexity index is 378. The van der Waals surface area contributed by atoms with E-state index in [-0.39, 0.29) is 18.9 Å². The molecule has 0 bridgehead atoms. The fraction of sp³-hybridized carbons (Fsp3) is 0.444. The maximum atomic E-state index is 11.3. The molecule has 1 rings (SSSR count). The number of thiazole rings is 1. The van der Waals surface area contributed by atoms with E-state index in [4.69, 9.17) is 5.73 Å². The lowest BCUT2D eigenvalue weighted by Gasteiger charge is -2.03. The molecular formula is C9H13N3O3S. The molecule has 0 saturated heterocycles. The number of amides is 1. The van der Waals surface area contributed by atoms with Crippen LogP contribution in [-0.4, -0.2) is 30.0 Å². The third-order valence-corrected chi connectivity index (χ3v) is 2.37. The maximum absolute atomic E-state index is 11.3. The number of nitrogens with zero attached hydrogens (tertiary/aromatic N) is 1. The number of aromatic nitrogens is 1. The summed E-state index contributed by atoms with van der Waals surface area (Å²) in [7, 11) is 0. The number of esters is 1. The van der Waals surface area contributed by atoms with Gasteiger partial charge in [-0.05, 0) is 6.92 Å². The minimum Gasteiger partial charge on any atom is -0.465 e. The number of carbonyl (C=O) groups is 2. The van der Waals surface area contributed by atoms with E-state index < -0.39 is 5.97 Å². The van der Waals surface area contributed by atoms with Crippen LogP contribution in [0.15, 0.2) is 5.38 Å². The van der Waals surface area contributed by atoms with Gasteiger partial charge in [0.15, 0.2) is 5.13 Å². The Kier molecular flexibility index (Phi) is 4.71. The van der Waals surface area contributed by atoms with Crippen LogP contribution in [0.5, 0.6) is 0 Å². The van der Waals surface area contributed by atoms with Crippen molar-refractivity contribution in [3.05, 3.63) is 11.1 Å². The largest absolute Gasteiger partial charge is 0.465 e. The number of anilines is 1. The molecule has 1 amide bonds. The molecule has 0 fully saturated rings. The number of rotatable bonds is 5. The van der Waals surface area contributed by atoms with Crippen LogP contribution >= 0.6 is 11.3 Å². The lowest BCUT2D eigenvalue weighted by molar-refractivity contribution is -0.143. The van der Waals surface area contributed by atoms with Crippen molar-refractivity contribution in [1.82, 2.24) is 10.3 Å². The number of nitrogens with two attached hydrogens (primary N) is 1. The SMILES string of the molecule is CCOC(=O)CNC(=O)Cc1csc(N)n1. The van der Waals surface area contributed by atoms with Gasteiger partial charge >= 0.3 is 5.97 Å². The Morgan fingerprint density at radius 2 is 2.38 bits per heavy atom. The minimum atomic E-state index is -0.450. The number of hydrogen-bond acceptors (Lipinski definition) is 6. The normalized spacial score (nSPS) is 9.81. The van der Waals surface area contributed by atoms with Gasteiger partial charge in [-0.25, -0.2) is 4.98 Å². The first-order chi connectivity index (χ1) is 7.61. The number of nitrogens with one attached hydrogen (secondary N) is 1. The summed E-state index contributed by atoms with van der Waals surface area (Å²) in [6, 6.07) is 0. The third kappa shape index (κ3) is 4.26. The van der Waals surface area contributed by atoms with Crippen molar-refractivity contribution in [2.75, 3.05) is 18.9 Å². The van der Waals surface area contributed by atoms with E-state index in [1.807, 2.05) is 0 Å². The van der Waals surface area contributed by atoms with Gasteiger partial charge in [0, 0.05) is 5.38 Å². The first-order valence-corrected chi connectivity index (χ1v) is 5.62. The average molecular weight is 243 g/mol. The zero-order valence-electron chi connectivity index (χ0n) is 8.86. The average Bonchev–Trinajstić information content (AvgIpc) is 2.61. The molecule has 0 saturated carbocycles. The molecule has 16 heavy (non-hydrogen) atoms. The second-order valence-corrected chi connectivity index (χ2v) is 3.83. The van der Waals surface area contributed by atoms with Crippen LogP contribution in [0.4, 0.5) is 5.13 Å². The summed E-state index contributed by atoms with van der Waals surface area (Å²) in [4.78, 5) is 26.2. The highest BCUT2D eigenvalue weighted by Gasteiger charge is 2.08. The van der Waals surface area contributed by atoms with Crippen LogP contribution in [0, 0.1) is 0 Å². The second kappa shape index (κ2) is 6.06. The first-order valence-electron chi connectivity index (χ1n) is 4.74. The van der Waals surface area contributed by atoms with Gasteiger partial charge in [-0.3, -0.25) is 9.59 Å². The minimum absolute atomic E-state index is 0.118. The Morgan fingerprint density at radius 1 is 1.62 bits per heavy atom. The van der Waals surface area contributed by atoms with E-state index in [9.17, 15) is 9.59 Å². The highest BCUT2D eigenvalue weighted by molar-refractivity contribution is 7.13.